The van der Waals surface area contributed by atoms with Gasteiger partial charge in [0.1, 0.15) is 36.7 Å². The Balaban J connectivity index is 1.55. The number of likely N-dealkylation sites (N-methyl/N-ethyl adjacent to an activating group) is 2. The molecule has 0 radical (unpaired) electrons. The van der Waals surface area contributed by atoms with Gasteiger partial charge in [-0.05, 0) is 25.8 Å². The van der Waals surface area contributed by atoms with Crippen LogP contribution in [-0.2, 0) is 47.7 Å². The number of carboxylic acids is 2. The first kappa shape index (κ1) is 51.4. The largest absolute Gasteiger partial charge is 0.481 e. The minimum atomic E-state index is -1.72. The van der Waals surface area contributed by atoms with E-state index in [1.807, 2.05) is 0 Å². The van der Waals surface area contributed by atoms with Gasteiger partial charge in [-0.3, -0.25) is 38.4 Å². The number of carbonyl (C=O) groups excluding carboxylic acids is 3. The van der Waals surface area contributed by atoms with E-state index in [0.717, 1.165) is 54.1 Å². The van der Waals surface area contributed by atoms with Crippen LogP contribution in [0, 0.1) is 5.92 Å². The number of hydrogen-bond donors (Lipinski definition) is 6. The number of amides is 1. The van der Waals surface area contributed by atoms with Crippen LogP contribution in [0.5, 0.6) is 0 Å². The van der Waals surface area contributed by atoms with Crippen LogP contribution in [0.4, 0.5) is 0 Å². The van der Waals surface area contributed by atoms with Crippen molar-refractivity contribution in [3.8, 4) is 0 Å². The number of carbonyl (C=O) groups is 5. The second-order valence-electron chi connectivity index (χ2n) is 17.1. The molecule has 63 heavy (non-hydrogen) atoms. The molecule has 0 spiro atoms. The van der Waals surface area contributed by atoms with Gasteiger partial charge in [0.15, 0.2) is 12.3 Å². The van der Waals surface area contributed by atoms with E-state index in [-0.39, 0.29) is 38.8 Å². The van der Waals surface area contributed by atoms with Crippen LogP contribution in [0.15, 0.2) is 21.9 Å². The maximum Gasteiger partial charge on any atom is 0.330 e. The summed E-state index contributed by atoms with van der Waals surface area (Å²) in [6.07, 6.45) is -1.21. The number of aromatic amines is 1. The Hall–Kier alpha value is -4.25. The normalized spacial score (nSPS) is 28.0. The number of nitrogens with two attached hydrogens (primary N) is 1. The number of H-pyrrole nitrogens is 1. The summed E-state index contributed by atoms with van der Waals surface area (Å²) in [4.78, 5) is 94.1. The summed E-state index contributed by atoms with van der Waals surface area (Å²) in [6.45, 7) is 3.34. The standard InChI is InChI=1S/C42H67N5O16/c1-5-6-7-8-9-10-11-12-13-14-25(59-33(53)18-24(2)17-32(51)52)19-34(54)60-29-23-45(3)37(40(55)46(4)36(29)41(56)57)39(63-35-21-26(48)28(22-43)61-35)38-27(49)20-31(62-38)47-16-15-30(50)44-42(47)58/h15-16,24-29,31,35-39,48-49H,5-14,17-23,43H2,1-4H3,(H,51,52)(H,56,57)(H,44,50,58)/t24-,25+,26-,27-,28+,29-,31+,35-,36+,37+,38-,39+/m0/s1. The molecule has 7 N–H and O–H groups in total. The van der Waals surface area contributed by atoms with E-state index in [4.69, 9.17) is 34.5 Å². The zero-order valence-corrected chi connectivity index (χ0v) is 36.7. The number of rotatable bonds is 25. The molecule has 0 aliphatic carbocycles. The molecular formula is C42H67N5O16. The number of carboxylic acid groups (broad SMARTS) is 2. The number of aliphatic carboxylic acids is 2. The quantitative estimate of drug-likeness (QED) is 0.0586. The summed E-state index contributed by atoms with van der Waals surface area (Å²) in [6, 6.07) is -2.06. The molecule has 4 rings (SSSR count). The molecule has 3 fully saturated rings. The number of aliphatic hydroxyl groups is 2. The van der Waals surface area contributed by atoms with Gasteiger partial charge in [-0.1, -0.05) is 65.2 Å². The monoisotopic (exact) mass is 897 g/mol. The molecule has 21 heteroatoms. The molecule has 1 aromatic heterocycles. The molecule has 0 unspecified atom stereocenters. The van der Waals surface area contributed by atoms with E-state index in [0.29, 0.717) is 12.8 Å². The van der Waals surface area contributed by atoms with Gasteiger partial charge in [0, 0.05) is 58.1 Å². The predicted molar refractivity (Wildman–Crippen MR) is 222 cm³/mol. The number of hydrogen-bond acceptors (Lipinski definition) is 16. The lowest BCUT2D eigenvalue weighted by Gasteiger charge is -2.38. The third-order valence-corrected chi connectivity index (χ3v) is 11.9. The number of unbranched alkanes of at least 4 members (excludes halogenated alkanes) is 8. The smallest absolute Gasteiger partial charge is 0.330 e. The average Bonchev–Trinajstić information content (AvgIpc) is 3.73. The Bertz CT molecular complexity index is 1790. The van der Waals surface area contributed by atoms with Gasteiger partial charge in [0.05, 0.1) is 24.7 Å². The lowest BCUT2D eigenvalue weighted by atomic mass is 9.98. The fourth-order valence-corrected chi connectivity index (χ4v) is 8.57. The second-order valence-corrected chi connectivity index (χ2v) is 17.1. The van der Waals surface area contributed by atoms with Crippen molar-refractivity contribution >= 4 is 29.8 Å². The molecule has 1 amide bonds. The number of nitrogens with one attached hydrogen (secondary N) is 1. The molecule has 0 aromatic carbocycles. The summed E-state index contributed by atoms with van der Waals surface area (Å²) in [5.41, 5.74) is 4.29. The first-order valence-corrected chi connectivity index (χ1v) is 22.1. The van der Waals surface area contributed by atoms with Crippen molar-refractivity contribution in [1.82, 2.24) is 19.4 Å². The van der Waals surface area contributed by atoms with Gasteiger partial charge in [-0.2, -0.15) is 0 Å². The highest BCUT2D eigenvalue weighted by Gasteiger charge is 2.54. The zero-order chi connectivity index (χ0) is 46.4. The molecule has 0 bridgehead atoms. The minimum Gasteiger partial charge on any atom is -0.481 e. The summed E-state index contributed by atoms with van der Waals surface area (Å²) < 4.78 is 30.9. The van der Waals surface area contributed by atoms with Gasteiger partial charge in [-0.25, -0.2) is 9.59 Å². The van der Waals surface area contributed by atoms with E-state index >= 15 is 0 Å². The maximum absolute atomic E-state index is 14.5. The molecule has 4 heterocycles. The van der Waals surface area contributed by atoms with E-state index in [1.54, 1.807) is 6.92 Å². The zero-order valence-electron chi connectivity index (χ0n) is 36.7. The molecular weight excluding hydrogens is 830 g/mol. The topological polar surface area (TPSA) is 300 Å². The molecule has 1 aromatic rings. The van der Waals surface area contributed by atoms with E-state index in [1.165, 1.54) is 38.0 Å². The van der Waals surface area contributed by atoms with Gasteiger partial charge < -0.3 is 54.7 Å². The van der Waals surface area contributed by atoms with Crippen LogP contribution in [0.3, 0.4) is 0 Å². The highest BCUT2D eigenvalue weighted by atomic mass is 16.7. The Morgan fingerprint density at radius 3 is 2.17 bits per heavy atom. The Labute approximate surface area is 366 Å². The molecule has 3 aliphatic heterocycles. The summed E-state index contributed by atoms with van der Waals surface area (Å²) in [5.74, 6) is -5.50. The number of aliphatic hydroxyl groups excluding tert-OH is 2. The third-order valence-electron chi connectivity index (χ3n) is 11.9. The summed E-state index contributed by atoms with van der Waals surface area (Å²) in [5, 5.41) is 41.6. The molecule has 12 atom stereocenters. The highest BCUT2D eigenvalue weighted by Crippen LogP contribution is 2.36. The van der Waals surface area contributed by atoms with Gasteiger partial charge in [-0.15, -0.1) is 0 Å². The maximum atomic E-state index is 14.5. The Morgan fingerprint density at radius 2 is 1.57 bits per heavy atom. The van der Waals surface area contributed by atoms with Crippen LogP contribution >= 0.6 is 0 Å². The van der Waals surface area contributed by atoms with Gasteiger partial charge in [0.25, 0.3) is 5.56 Å². The fourth-order valence-electron chi connectivity index (χ4n) is 8.57. The van der Waals surface area contributed by atoms with Crippen molar-refractivity contribution in [2.24, 2.45) is 11.7 Å². The predicted octanol–water partition coefficient (Wildman–Crippen LogP) is 0.866. The highest BCUT2D eigenvalue weighted by molar-refractivity contribution is 5.88. The van der Waals surface area contributed by atoms with Crippen LogP contribution in [0.2, 0.25) is 0 Å². The van der Waals surface area contributed by atoms with Crippen LogP contribution in [-0.4, -0.2) is 158 Å². The molecule has 3 aliphatic rings. The first-order valence-electron chi connectivity index (χ1n) is 22.1. The lowest BCUT2D eigenvalue weighted by Crippen LogP contribution is -2.58. The van der Waals surface area contributed by atoms with Crippen molar-refractivity contribution in [3.05, 3.63) is 33.1 Å². The van der Waals surface area contributed by atoms with Crippen LogP contribution in [0.25, 0.3) is 0 Å². The minimum absolute atomic E-state index is 0.0626. The Morgan fingerprint density at radius 1 is 0.905 bits per heavy atom. The SMILES string of the molecule is CCCCCCCCCCC[C@H](CC(=O)O[C@H]1CN(C)[C@H]([C@@H](O[C@H]2C[C@H](O)[C@@H](CN)O2)[C@H]2O[C@@H](n3ccc(=O)[nH]c3=O)C[C@@H]2O)C(=O)N(C)[C@H]1C(=O)O)OC(=O)C[C@@H](C)CC(=O)O. The molecule has 3 saturated heterocycles. The summed E-state index contributed by atoms with van der Waals surface area (Å²) >= 11 is 0. The van der Waals surface area contributed by atoms with E-state index in [9.17, 15) is 48.9 Å². The van der Waals surface area contributed by atoms with E-state index < -0.39 is 121 Å². The van der Waals surface area contributed by atoms with Crippen molar-refractivity contribution in [1.29, 1.82) is 0 Å². The second kappa shape index (κ2) is 24.7. The van der Waals surface area contributed by atoms with E-state index in [2.05, 4.69) is 11.9 Å². The Kier molecular flexibility index (Phi) is 20.2. The number of ether oxygens (including phenoxy) is 5. The fraction of sp³-hybridized carbons (Fsp3) is 0.786. The molecule has 0 saturated carbocycles. The van der Waals surface area contributed by atoms with Crippen LogP contribution < -0.4 is 17.0 Å². The molecule has 21 nitrogen and oxygen atoms in total. The van der Waals surface area contributed by atoms with Gasteiger partial charge in [0.2, 0.25) is 5.91 Å². The lowest BCUT2D eigenvalue weighted by molar-refractivity contribution is -0.215. The number of esters is 2. The van der Waals surface area contributed by atoms with Crippen molar-refractivity contribution in [2.75, 3.05) is 27.2 Å². The van der Waals surface area contributed by atoms with Crippen molar-refractivity contribution < 1.29 is 68.1 Å². The molecule has 356 valence electrons. The van der Waals surface area contributed by atoms with Gasteiger partial charge >= 0.3 is 29.6 Å². The number of aromatic nitrogens is 2. The van der Waals surface area contributed by atoms with Crippen LogP contribution in [0.1, 0.15) is 116 Å². The third kappa shape index (κ3) is 14.9. The number of nitrogens with zero attached hydrogens (tertiary/aromatic N) is 3. The van der Waals surface area contributed by atoms with Crippen molar-refractivity contribution in [3.63, 3.8) is 0 Å². The summed E-state index contributed by atoms with van der Waals surface area (Å²) in [7, 11) is 2.68. The average molecular weight is 898 g/mol. The van der Waals surface area contributed by atoms with Crippen molar-refractivity contribution in [2.45, 2.75) is 177 Å². The first-order chi connectivity index (χ1) is 29.9.